The normalized spacial score (nSPS) is 15.8. The van der Waals surface area contributed by atoms with E-state index in [2.05, 4.69) is 34.6 Å². The van der Waals surface area contributed by atoms with Gasteiger partial charge in [0.25, 0.3) is 0 Å². The van der Waals surface area contributed by atoms with Gasteiger partial charge in [-0.3, -0.25) is 0 Å². The lowest BCUT2D eigenvalue weighted by molar-refractivity contribution is 0.988. The van der Waals surface area contributed by atoms with Gasteiger partial charge in [-0.25, -0.2) is 4.98 Å². The molecule has 2 nitrogen and oxygen atoms in total. The molecule has 0 aromatic carbocycles. The van der Waals surface area contributed by atoms with Crippen molar-refractivity contribution in [2.45, 2.75) is 19.1 Å². The monoisotopic (exact) mass is 204 g/mol. The molecule has 3 heterocycles. The van der Waals surface area contributed by atoms with E-state index in [0.717, 1.165) is 17.8 Å². The zero-order chi connectivity index (χ0) is 9.54. The third-order valence-corrected chi connectivity index (χ3v) is 3.64. The Labute approximate surface area is 87.3 Å². The van der Waals surface area contributed by atoms with Gasteiger partial charge >= 0.3 is 0 Å². The lowest BCUT2D eigenvalue weighted by Crippen LogP contribution is -2.03. The van der Waals surface area contributed by atoms with Crippen molar-refractivity contribution < 1.29 is 0 Å². The first kappa shape index (κ1) is 8.36. The summed E-state index contributed by atoms with van der Waals surface area (Å²) in [5.74, 6) is 2.33. The molecule has 0 amide bonds. The second-order valence-electron chi connectivity index (χ2n) is 3.74. The fraction of sp³-hybridized carbons (Fsp3) is 0.364. The van der Waals surface area contributed by atoms with Crippen LogP contribution in [0.15, 0.2) is 18.3 Å². The molecule has 0 bridgehead atoms. The Kier molecular flexibility index (Phi) is 1.80. The summed E-state index contributed by atoms with van der Waals surface area (Å²) < 4.78 is 2.25. The van der Waals surface area contributed by atoms with Crippen LogP contribution in [0, 0.1) is 6.92 Å². The van der Waals surface area contributed by atoms with Crippen LogP contribution in [0.3, 0.4) is 0 Å². The van der Waals surface area contributed by atoms with Crippen LogP contribution in [-0.2, 0) is 12.2 Å². The van der Waals surface area contributed by atoms with E-state index in [-0.39, 0.29) is 0 Å². The number of thioether (sulfide) groups is 1. The smallest absolute Gasteiger partial charge is 0.137 e. The summed E-state index contributed by atoms with van der Waals surface area (Å²) in [5, 5.41) is 0. The maximum absolute atomic E-state index is 4.64. The molecule has 0 radical (unpaired) electrons. The van der Waals surface area contributed by atoms with E-state index in [1.165, 1.54) is 22.7 Å². The average Bonchev–Trinajstić information content (AvgIpc) is 2.56. The first-order chi connectivity index (χ1) is 6.84. The van der Waals surface area contributed by atoms with Crippen LogP contribution in [0.5, 0.6) is 0 Å². The van der Waals surface area contributed by atoms with Crippen molar-refractivity contribution in [3.8, 4) is 0 Å². The van der Waals surface area contributed by atoms with E-state index < -0.39 is 0 Å². The van der Waals surface area contributed by atoms with Gasteiger partial charge in [-0.1, -0.05) is 6.07 Å². The number of hydrogen-bond donors (Lipinski definition) is 0. The van der Waals surface area contributed by atoms with Crippen molar-refractivity contribution in [1.29, 1.82) is 0 Å². The van der Waals surface area contributed by atoms with Gasteiger partial charge < -0.3 is 4.40 Å². The number of imidazole rings is 1. The largest absolute Gasteiger partial charge is 0.303 e. The second-order valence-corrected chi connectivity index (χ2v) is 4.85. The van der Waals surface area contributed by atoms with Crippen molar-refractivity contribution in [2.24, 2.45) is 0 Å². The molecule has 0 unspecified atom stereocenters. The summed E-state index contributed by atoms with van der Waals surface area (Å²) >= 11 is 2.00. The van der Waals surface area contributed by atoms with Crippen molar-refractivity contribution >= 4 is 17.4 Å². The molecule has 72 valence electrons. The van der Waals surface area contributed by atoms with Gasteiger partial charge in [0.05, 0.1) is 11.4 Å². The Balaban J connectivity index is 2.32. The average molecular weight is 204 g/mol. The Hall–Kier alpha value is -0.960. The Morgan fingerprint density at radius 3 is 3.29 bits per heavy atom. The lowest BCUT2D eigenvalue weighted by atomic mass is 10.3. The minimum absolute atomic E-state index is 1.10. The third-order valence-electron chi connectivity index (χ3n) is 2.67. The predicted octanol–water partition coefficient (Wildman–Crippen LogP) is 2.43. The molecule has 1 aliphatic rings. The Morgan fingerprint density at radius 2 is 2.36 bits per heavy atom. The molecule has 0 saturated carbocycles. The number of nitrogens with zero attached hydrogens (tertiary/aromatic N) is 2. The van der Waals surface area contributed by atoms with Crippen LogP contribution in [0.25, 0.3) is 5.65 Å². The summed E-state index contributed by atoms with van der Waals surface area (Å²) in [6.07, 6.45) is 3.31. The predicted molar refractivity (Wildman–Crippen MR) is 59.8 cm³/mol. The van der Waals surface area contributed by atoms with Crippen LogP contribution in [0.1, 0.15) is 17.0 Å². The van der Waals surface area contributed by atoms with E-state index in [1.54, 1.807) is 0 Å². The van der Waals surface area contributed by atoms with E-state index >= 15 is 0 Å². The van der Waals surface area contributed by atoms with E-state index in [0.29, 0.717) is 0 Å². The fourth-order valence-electron chi connectivity index (χ4n) is 1.94. The molecule has 14 heavy (non-hydrogen) atoms. The highest BCUT2D eigenvalue weighted by atomic mass is 32.2. The van der Waals surface area contributed by atoms with E-state index in [9.17, 15) is 0 Å². The molecule has 3 rings (SSSR count). The van der Waals surface area contributed by atoms with Crippen molar-refractivity contribution in [2.75, 3.05) is 5.75 Å². The molecule has 1 aliphatic heterocycles. The van der Waals surface area contributed by atoms with Gasteiger partial charge in [-0.2, -0.15) is 11.8 Å². The van der Waals surface area contributed by atoms with Crippen LogP contribution in [-0.4, -0.2) is 15.1 Å². The quantitative estimate of drug-likeness (QED) is 0.655. The van der Waals surface area contributed by atoms with Gasteiger partial charge in [-0.15, -0.1) is 0 Å². The molecular weight excluding hydrogens is 192 g/mol. The molecule has 0 spiro atoms. The molecule has 0 fully saturated rings. The summed E-state index contributed by atoms with van der Waals surface area (Å²) in [6.45, 7) is 2.13. The number of aromatic nitrogens is 2. The van der Waals surface area contributed by atoms with Gasteiger partial charge in [0.1, 0.15) is 5.65 Å². The number of rotatable bonds is 0. The molecule has 3 heteroatoms. The topological polar surface area (TPSA) is 17.3 Å². The lowest BCUT2D eigenvalue weighted by Gasteiger charge is -2.09. The second kappa shape index (κ2) is 3.02. The fourth-order valence-corrected chi connectivity index (χ4v) is 2.92. The minimum Gasteiger partial charge on any atom is -0.303 e. The van der Waals surface area contributed by atoms with Gasteiger partial charge in [0.15, 0.2) is 0 Å². The standard InChI is InChI=1S/C11H12N2S/c1-8-2-3-11-12-9-4-5-14-7-10(9)13(11)6-8/h2-3,6H,4-5,7H2,1H3. The summed E-state index contributed by atoms with van der Waals surface area (Å²) in [5.41, 5.74) is 5.10. The van der Waals surface area contributed by atoms with Gasteiger partial charge in [0.2, 0.25) is 0 Å². The molecule has 2 aromatic rings. The molecule has 2 aromatic heterocycles. The number of fused-ring (bicyclic) bond motifs is 3. The van der Waals surface area contributed by atoms with Gasteiger partial charge in [-0.05, 0) is 24.3 Å². The number of hydrogen-bond acceptors (Lipinski definition) is 2. The van der Waals surface area contributed by atoms with Crippen LogP contribution in [0.2, 0.25) is 0 Å². The molecule has 0 saturated heterocycles. The molecule has 0 aliphatic carbocycles. The first-order valence-corrected chi connectivity index (χ1v) is 6.04. The minimum atomic E-state index is 1.10. The highest BCUT2D eigenvalue weighted by Crippen LogP contribution is 2.25. The summed E-state index contributed by atoms with van der Waals surface area (Å²) in [7, 11) is 0. The summed E-state index contributed by atoms with van der Waals surface area (Å²) in [4.78, 5) is 4.64. The highest BCUT2D eigenvalue weighted by Gasteiger charge is 2.15. The molecule has 0 N–H and O–H groups in total. The van der Waals surface area contributed by atoms with Crippen LogP contribution >= 0.6 is 11.8 Å². The number of pyridine rings is 1. The van der Waals surface area contributed by atoms with Crippen LogP contribution < -0.4 is 0 Å². The van der Waals surface area contributed by atoms with E-state index in [4.69, 9.17) is 0 Å². The maximum Gasteiger partial charge on any atom is 0.137 e. The number of aryl methyl sites for hydroxylation is 2. The van der Waals surface area contributed by atoms with Crippen molar-refractivity contribution in [3.05, 3.63) is 35.3 Å². The van der Waals surface area contributed by atoms with Crippen molar-refractivity contribution in [3.63, 3.8) is 0 Å². The molecule has 0 atom stereocenters. The third kappa shape index (κ3) is 1.16. The van der Waals surface area contributed by atoms with Crippen molar-refractivity contribution in [1.82, 2.24) is 9.38 Å². The maximum atomic E-state index is 4.64. The zero-order valence-corrected chi connectivity index (χ0v) is 8.97. The first-order valence-electron chi connectivity index (χ1n) is 4.89. The summed E-state index contributed by atoms with van der Waals surface area (Å²) in [6, 6.07) is 4.24. The molecular formula is C11H12N2S. The zero-order valence-electron chi connectivity index (χ0n) is 8.16. The SMILES string of the molecule is Cc1ccc2nc3c(n2c1)CSCC3. The Bertz CT molecular complexity index is 487. The Morgan fingerprint density at radius 1 is 1.43 bits per heavy atom. The van der Waals surface area contributed by atoms with Gasteiger partial charge in [0, 0.05) is 18.4 Å². The van der Waals surface area contributed by atoms with E-state index in [1.807, 2.05) is 11.8 Å². The highest BCUT2D eigenvalue weighted by molar-refractivity contribution is 7.98. The van der Waals surface area contributed by atoms with Crippen LogP contribution in [0.4, 0.5) is 0 Å².